The van der Waals surface area contributed by atoms with Gasteiger partial charge in [-0.25, -0.2) is 8.42 Å². The molecular weight excluding hydrogens is 422 g/mol. The summed E-state index contributed by atoms with van der Waals surface area (Å²) in [6, 6.07) is 24.4. The Kier molecular flexibility index (Phi) is 5.65. The van der Waals surface area contributed by atoms with E-state index in [0.29, 0.717) is 17.7 Å². The predicted octanol–water partition coefficient (Wildman–Crippen LogP) is 6.01. The molecular formula is C26H25NO2S2. The molecule has 0 aliphatic carbocycles. The zero-order valence-corrected chi connectivity index (χ0v) is 18.9. The molecule has 1 aromatic heterocycles. The minimum absolute atomic E-state index is 0.299. The fourth-order valence-corrected chi connectivity index (χ4v) is 6.83. The van der Waals surface area contributed by atoms with E-state index in [0.717, 1.165) is 30.8 Å². The summed E-state index contributed by atoms with van der Waals surface area (Å²) >= 11 is 1.65. The second-order valence-corrected chi connectivity index (χ2v) is 11.2. The molecule has 3 aromatic carbocycles. The number of likely N-dealkylation sites (tertiary alicyclic amines) is 1. The Bertz CT molecular complexity index is 1270. The molecule has 2 heterocycles. The molecule has 0 unspecified atom stereocenters. The highest BCUT2D eigenvalue weighted by Crippen LogP contribution is 2.28. The van der Waals surface area contributed by atoms with Crippen LogP contribution >= 0.6 is 11.3 Å². The van der Waals surface area contributed by atoms with Crippen LogP contribution in [0.3, 0.4) is 0 Å². The van der Waals surface area contributed by atoms with E-state index in [-0.39, 0.29) is 5.25 Å². The van der Waals surface area contributed by atoms with Crippen LogP contribution in [0, 0.1) is 0 Å². The number of piperidine rings is 1. The molecule has 0 N–H and O–H groups in total. The maximum absolute atomic E-state index is 13.2. The van der Waals surface area contributed by atoms with Crippen LogP contribution in [0.15, 0.2) is 88.5 Å². The third-order valence-electron chi connectivity index (χ3n) is 6.23. The molecule has 5 rings (SSSR count). The number of hydrogen-bond acceptors (Lipinski definition) is 4. The van der Waals surface area contributed by atoms with E-state index in [1.807, 2.05) is 17.5 Å². The van der Waals surface area contributed by atoms with Crippen molar-refractivity contribution in [1.82, 2.24) is 4.90 Å². The first-order valence-electron chi connectivity index (χ1n) is 10.7. The Morgan fingerprint density at radius 1 is 0.839 bits per heavy atom. The summed E-state index contributed by atoms with van der Waals surface area (Å²) in [5, 5.41) is 6.32. The smallest absolute Gasteiger partial charge is 0.181 e. The Hall–Kier alpha value is -2.47. The van der Waals surface area contributed by atoms with Gasteiger partial charge in [-0.1, -0.05) is 48.5 Å². The SMILES string of the molecule is O=S(=O)(c1ccc(-c2ccsc2)cc1)C1CCN(Cc2ccc3ccccc3c2)CC1. The monoisotopic (exact) mass is 447 g/mol. The van der Waals surface area contributed by atoms with Gasteiger partial charge in [-0.2, -0.15) is 11.3 Å². The molecule has 31 heavy (non-hydrogen) atoms. The zero-order chi connectivity index (χ0) is 21.3. The van der Waals surface area contributed by atoms with Crippen LogP contribution < -0.4 is 0 Å². The first kappa shape index (κ1) is 20.4. The maximum atomic E-state index is 13.2. The number of thiophene rings is 1. The van der Waals surface area contributed by atoms with Gasteiger partial charge < -0.3 is 0 Å². The second kappa shape index (κ2) is 8.58. The molecule has 4 aromatic rings. The summed E-state index contributed by atoms with van der Waals surface area (Å²) in [7, 11) is -3.30. The molecule has 1 aliphatic heterocycles. The molecule has 1 aliphatic rings. The molecule has 3 nitrogen and oxygen atoms in total. The van der Waals surface area contributed by atoms with Gasteiger partial charge in [0.15, 0.2) is 9.84 Å². The van der Waals surface area contributed by atoms with Crippen molar-refractivity contribution in [2.24, 2.45) is 0 Å². The lowest BCUT2D eigenvalue weighted by Crippen LogP contribution is -2.38. The van der Waals surface area contributed by atoms with Crippen molar-refractivity contribution in [2.75, 3.05) is 13.1 Å². The van der Waals surface area contributed by atoms with Crippen molar-refractivity contribution in [3.8, 4) is 11.1 Å². The van der Waals surface area contributed by atoms with Crippen LogP contribution in [0.4, 0.5) is 0 Å². The van der Waals surface area contributed by atoms with E-state index in [1.54, 1.807) is 23.5 Å². The van der Waals surface area contributed by atoms with E-state index < -0.39 is 9.84 Å². The second-order valence-electron chi connectivity index (χ2n) is 8.24. The lowest BCUT2D eigenvalue weighted by Gasteiger charge is -2.31. The number of rotatable bonds is 5. The standard InChI is InChI=1S/C26H25NO2S2/c28-31(29,25-9-7-22(8-10-25)24-13-16-30-19-24)26-11-14-27(15-12-26)18-20-5-6-21-3-1-2-4-23(21)17-20/h1-10,13,16-17,19,26H,11-12,14-15,18H2. The Balaban J connectivity index is 1.23. The highest BCUT2D eigenvalue weighted by molar-refractivity contribution is 7.92. The van der Waals surface area contributed by atoms with Gasteiger partial charge in [0, 0.05) is 6.54 Å². The summed E-state index contributed by atoms with van der Waals surface area (Å²) in [6.07, 6.45) is 1.37. The highest BCUT2D eigenvalue weighted by atomic mass is 32.2. The Labute approximate surface area is 187 Å². The quantitative estimate of drug-likeness (QED) is 0.376. The number of fused-ring (bicyclic) bond motifs is 1. The number of sulfone groups is 1. The van der Waals surface area contributed by atoms with Crippen molar-refractivity contribution in [3.05, 3.63) is 89.1 Å². The average molecular weight is 448 g/mol. The van der Waals surface area contributed by atoms with Gasteiger partial charge >= 0.3 is 0 Å². The van der Waals surface area contributed by atoms with Crippen molar-refractivity contribution >= 4 is 31.9 Å². The van der Waals surface area contributed by atoms with Crippen molar-refractivity contribution < 1.29 is 8.42 Å². The maximum Gasteiger partial charge on any atom is 0.181 e. The topological polar surface area (TPSA) is 37.4 Å². The van der Waals surface area contributed by atoms with Crippen LogP contribution in [0.2, 0.25) is 0 Å². The summed E-state index contributed by atoms with van der Waals surface area (Å²) in [4.78, 5) is 2.81. The van der Waals surface area contributed by atoms with E-state index in [4.69, 9.17) is 0 Å². The molecule has 0 atom stereocenters. The summed E-state index contributed by atoms with van der Waals surface area (Å²) in [5.41, 5.74) is 3.48. The molecule has 0 spiro atoms. The lowest BCUT2D eigenvalue weighted by molar-refractivity contribution is 0.222. The largest absolute Gasteiger partial charge is 0.299 e. The van der Waals surface area contributed by atoms with E-state index >= 15 is 0 Å². The fourth-order valence-electron chi connectivity index (χ4n) is 4.43. The summed E-state index contributed by atoms with van der Waals surface area (Å²) in [5.74, 6) is 0. The number of benzene rings is 3. The minimum atomic E-state index is -3.30. The van der Waals surface area contributed by atoms with Crippen LogP contribution in [-0.2, 0) is 16.4 Å². The highest BCUT2D eigenvalue weighted by Gasteiger charge is 2.31. The van der Waals surface area contributed by atoms with Gasteiger partial charge in [-0.15, -0.1) is 0 Å². The van der Waals surface area contributed by atoms with Gasteiger partial charge in [-0.05, 0) is 88.4 Å². The molecule has 0 radical (unpaired) electrons. The fraction of sp³-hybridized carbons (Fsp3) is 0.231. The van der Waals surface area contributed by atoms with Gasteiger partial charge in [0.25, 0.3) is 0 Å². The van der Waals surface area contributed by atoms with Gasteiger partial charge in [-0.3, -0.25) is 4.90 Å². The molecule has 5 heteroatoms. The van der Waals surface area contributed by atoms with E-state index in [1.165, 1.54) is 16.3 Å². The number of hydrogen-bond donors (Lipinski definition) is 0. The van der Waals surface area contributed by atoms with Gasteiger partial charge in [0.05, 0.1) is 10.1 Å². The van der Waals surface area contributed by atoms with Gasteiger partial charge in [0.1, 0.15) is 0 Å². The molecule has 0 amide bonds. The molecule has 1 saturated heterocycles. The van der Waals surface area contributed by atoms with Crippen molar-refractivity contribution in [2.45, 2.75) is 29.5 Å². The first-order valence-corrected chi connectivity index (χ1v) is 13.1. The normalized spacial score (nSPS) is 16.0. The third kappa shape index (κ3) is 4.31. The van der Waals surface area contributed by atoms with Crippen LogP contribution in [0.1, 0.15) is 18.4 Å². The van der Waals surface area contributed by atoms with Crippen molar-refractivity contribution in [3.63, 3.8) is 0 Å². The third-order valence-corrected chi connectivity index (χ3v) is 9.19. The Morgan fingerprint density at radius 3 is 2.29 bits per heavy atom. The van der Waals surface area contributed by atoms with Crippen LogP contribution in [0.25, 0.3) is 21.9 Å². The summed E-state index contributed by atoms with van der Waals surface area (Å²) < 4.78 is 26.4. The van der Waals surface area contributed by atoms with Gasteiger partial charge in [0.2, 0.25) is 0 Å². The van der Waals surface area contributed by atoms with Crippen LogP contribution in [0.5, 0.6) is 0 Å². The average Bonchev–Trinajstić information content (AvgIpc) is 3.35. The first-order chi connectivity index (χ1) is 15.1. The predicted molar refractivity (Wildman–Crippen MR) is 129 cm³/mol. The van der Waals surface area contributed by atoms with Crippen molar-refractivity contribution in [1.29, 1.82) is 0 Å². The summed E-state index contributed by atoms with van der Waals surface area (Å²) in [6.45, 7) is 2.49. The lowest BCUT2D eigenvalue weighted by atomic mass is 10.1. The number of nitrogens with zero attached hydrogens (tertiary/aromatic N) is 1. The zero-order valence-electron chi connectivity index (χ0n) is 17.3. The van der Waals surface area contributed by atoms with E-state index in [2.05, 4.69) is 58.8 Å². The molecule has 158 valence electrons. The minimum Gasteiger partial charge on any atom is -0.299 e. The Morgan fingerprint density at radius 2 is 1.58 bits per heavy atom. The molecule has 1 fully saturated rings. The molecule has 0 bridgehead atoms. The van der Waals surface area contributed by atoms with Crippen LogP contribution in [-0.4, -0.2) is 31.7 Å². The molecule has 0 saturated carbocycles. The van der Waals surface area contributed by atoms with E-state index in [9.17, 15) is 8.42 Å².